The van der Waals surface area contributed by atoms with E-state index in [0.29, 0.717) is 13.0 Å². The Hall–Kier alpha value is -1.99. The van der Waals surface area contributed by atoms with Crippen molar-refractivity contribution in [3.05, 3.63) is 29.8 Å². The molecule has 1 rings (SSSR count). The van der Waals surface area contributed by atoms with Crippen LogP contribution in [0.3, 0.4) is 0 Å². The van der Waals surface area contributed by atoms with Crippen LogP contribution in [0.15, 0.2) is 24.3 Å². The number of unbranched alkanes of at least 4 members (excludes halogenated alkanes) is 2. The third kappa shape index (κ3) is 5.77. The van der Waals surface area contributed by atoms with Gasteiger partial charge in [-0.1, -0.05) is 12.1 Å². The van der Waals surface area contributed by atoms with Crippen LogP contribution in [-0.4, -0.2) is 25.7 Å². The molecule has 4 nitrogen and oxygen atoms in total. The summed E-state index contributed by atoms with van der Waals surface area (Å²) in [5.41, 5.74) is 6.68. The van der Waals surface area contributed by atoms with Crippen molar-refractivity contribution < 1.29 is 14.3 Å². The Bertz CT molecular complexity index is 448. The van der Waals surface area contributed by atoms with Crippen LogP contribution in [0.1, 0.15) is 24.8 Å². The molecule has 0 radical (unpaired) electrons. The molecule has 0 saturated carbocycles. The second-order valence-corrected chi connectivity index (χ2v) is 4.49. The molecule has 0 spiro atoms. The molecule has 0 aromatic heterocycles. The molecule has 0 bridgehead atoms. The fraction of sp³-hybridized carbons (Fsp3) is 0.438. The molecule has 1 unspecified atom stereocenters. The van der Waals surface area contributed by atoms with Crippen LogP contribution >= 0.6 is 0 Å². The number of hydrogen-bond acceptors (Lipinski definition) is 4. The summed E-state index contributed by atoms with van der Waals surface area (Å²) in [7, 11) is 1.33. The summed E-state index contributed by atoms with van der Waals surface area (Å²) in [4.78, 5) is 11.2. The van der Waals surface area contributed by atoms with E-state index in [0.717, 1.165) is 30.6 Å². The summed E-state index contributed by atoms with van der Waals surface area (Å²) in [6, 6.07) is 6.93. The Labute approximate surface area is 120 Å². The highest BCUT2D eigenvalue weighted by molar-refractivity contribution is 5.75. The molecule has 0 fully saturated rings. The molecule has 2 N–H and O–H groups in total. The third-order valence-corrected chi connectivity index (χ3v) is 2.87. The van der Waals surface area contributed by atoms with E-state index in [-0.39, 0.29) is 0 Å². The van der Waals surface area contributed by atoms with E-state index < -0.39 is 12.0 Å². The van der Waals surface area contributed by atoms with Gasteiger partial charge in [0.15, 0.2) is 0 Å². The van der Waals surface area contributed by atoms with Gasteiger partial charge in [0.05, 0.1) is 13.7 Å². The molecule has 20 heavy (non-hydrogen) atoms. The molecule has 1 aromatic carbocycles. The minimum absolute atomic E-state index is 0.404. The summed E-state index contributed by atoms with van der Waals surface area (Å²) in [5.74, 6) is 3.00. The maximum absolute atomic E-state index is 11.2. The number of methoxy groups -OCH3 is 1. The number of carbonyl (C=O) groups excluding carboxylic acids is 1. The van der Waals surface area contributed by atoms with Crippen LogP contribution in [0.25, 0.3) is 0 Å². The quantitative estimate of drug-likeness (QED) is 0.447. The molecule has 0 aliphatic carbocycles. The zero-order valence-electron chi connectivity index (χ0n) is 11.8. The average molecular weight is 275 g/mol. The van der Waals surface area contributed by atoms with Crippen molar-refractivity contribution in [3.8, 4) is 18.1 Å². The van der Waals surface area contributed by atoms with Gasteiger partial charge in [0.2, 0.25) is 0 Å². The topological polar surface area (TPSA) is 61.5 Å². The fourth-order valence-corrected chi connectivity index (χ4v) is 1.73. The van der Waals surface area contributed by atoms with Gasteiger partial charge in [-0.25, -0.2) is 0 Å². The highest BCUT2D eigenvalue weighted by Crippen LogP contribution is 2.14. The molecule has 108 valence electrons. The fourth-order valence-electron chi connectivity index (χ4n) is 1.73. The lowest BCUT2D eigenvalue weighted by Crippen LogP contribution is -2.33. The Kier molecular flexibility index (Phi) is 7.23. The van der Waals surface area contributed by atoms with Crippen molar-refractivity contribution in [1.82, 2.24) is 0 Å². The molecule has 0 aliphatic heterocycles. The Morgan fingerprint density at radius 1 is 1.35 bits per heavy atom. The minimum Gasteiger partial charge on any atom is -0.494 e. The van der Waals surface area contributed by atoms with Crippen molar-refractivity contribution >= 4 is 5.97 Å². The average Bonchev–Trinajstić information content (AvgIpc) is 2.47. The van der Waals surface area contributed by atoms with E-state index in [9.17, 15) is 4.79 Å². The molecule has 0 saturated heterocycles. The van der Waals surface area contributed by atoms with E-state index in [2.05, 4.69) is 10.7 Å². The maximum atomic E-state index is 11.2. The first-order chi connectivity index (χ1) is 9.67. The number of rotatable bonds is 8. The summed E-state index contributed by atoms with van der Waals surface area (Å²) in [6.45, 7) is 0.655. The van der Waals surface area contributed by atoms with Gasteiger partial charge in [-0.15, -0.1) is 12.3 Å². The molecular formula is C16H21NO3. The standard InChI is InChI=1S/C16H21NO3/c1-3-4-5-6-11-20-14-9-7-13(8-10-14)12-15(17)16(18)19-2/h1,7-10,15H,4-6,11-12,17H2,2H3. The van der Waals surface area contributed by atoms with Crippen LogP contribution in [-0.2, 0) is 16.0 Å². The summed E-state index contributed by atoms with van der Waals surface area (Å²) in [6.07, 6.45) is 8.33. The van der Waals surface area contributed by atoms with Gasteiger partial charge in [0.25, 0.3) is 0 Å². The van der Waals surface area contributed by atoms with Gasteiger partial charge in [-0.05, 0) is 37.0 Å². The van der Waals surface area contributed by atoms with E-state index in [1.807, 2.05) is 24.3 Å². The van der Waals surface area contributed by atoms with Gasteiger partial charge in [-0.3, -0.25) is 4.79 Å². The number of hydrogen-bond donors (Lipinski definition) is 1. The van der Waals surface area contributed by atoms with Gasteiger partial charge < -0.3 is 15.2 Å². The Morgan fingerprint density at radius 2 is 2.05 bits per heavy atom. The van der Waals surface area contributed by atoms with Gasteiger partial charge in [-0.2, -0.15) is 0 Å². The van der Waals surface area contributed by atoms with E-state index >= 15 is 0 Å². The van der Waals surface area contributed by atoms with E-state index in [1.54, 1.807) is 0 Å². The molecule has 1 aromatic rings. The molecule has 0 aliphatic rings. The first-order valence-electron chi connectivity index (χ1n) is 6.66. The number of carbonyl (C=O) groups is 1. The number of benzene rings is 1. The number of nitrogens with two attached hydrogens (primary N) is 1. The van der Waals surface area contributed by atoms with Crippen LogP contribution in [0.4, 0.5) is 0 Å². The van der Waals surface area contributed by atoms with Crippen LogP contribution in [0.2, 0.25) is 0 Å². The molecule has 0 amide bonds. The van der Waals surface area contributed by atoms with Crippen molar-refractivity contribution in [1.29, 1.82) is 0 Å². The monoisotopic (exact) mass is 275 g/mol. The van der Waals surface area contributed by atoms with Gasteiger partial charge >= 0.3 is 5.97 Å². The number of ether oxygens (including phenoxy) is 2. The predicted molar refractivity (Wildman–Crippen MR) is 78.3 cm³/mol. The van der Waals surface area contributed by atoms with Crippen LogP contribution in [0.5, 0.6) is 5.75 Å². The lowest BCUT2D eigenvalue weighted by atomic mass is 10.1. The normalized spacial score (nSPS) is 11.4. The van der Waals surface area contributed by atoms with E-state index in [4.69, 9.17) is 16.9 Å². The summed E-state index contributed by atoms with van der Waals surface area (Å²) < 4.78 is 10.2. The van der Waals surface area contributed by atoms with Crippen molar-refractivity contribution in [3.63, 3.8) is 0 Å². The third-order valence-electron chi connectivity index (χ3n) is 2.87. The van der Waals surface area contributed by atoms with Crippen LogP contribution < -0.4 is 10.5 Å². The zero-order chi connectivity index (χ0) is 14.8. The molecule has 1 atom stereocenters. The smallest absolute Gasteiger partial charge is 0.322 e. The lowest BCUT2D eigenvalue weighted by Gasteiger charge is -2.10. The minimum atomic E-state index is -0.629. The first-order valence-corrected chi connectivity index (χ1v) is 6.66. The Balaban J connectivity index is 2.37. The van der Waals surface area contributed by atoms with Crippen molar-refractivity contribution in [2.45, 2.75) is 31.7 Å². The van der Waals surface area contributed by atoms with Crippen molar-refractivity contribution in [2.24, 2.45) is 5.73 Å². The van der Waals surface area contributed by atoms with Gasteiger partial charge in [0, 0.05) is 6.42 Å². The van der Waals surface area contributed by atoms with Gasteiger partial charge in [0.1, 0.15) is 11.8 Å². The van der Waals surface area contributed by atoms with E-state index in [1.165, 1.54) is 7.11 Å². The second-order valence-electron chi connectivity index (χ2n) is 4.49. The van der Waals surface area contributed by atoms with Crippen molar-refractivity contribution in [2.75, 3.05) is 13.7 Å². The zero-order valence-corrected chi connectivity index (χ0v) is 11.8. The predicted octanol–water partition coefficient (Wildman–Crippen LogP) is 1.91. The first kappa shape index (κ1) is 16.1. The number of esters is 1. The Morgan fingerprint density at radius 3 is 2.65 bits per heavy atom. The maximum Gasteiger partial charge on any atom is 0.322 e. The molecule has 4 heteroatoms. The highest BCUT2D eigenvalue weighted by Gasteiger charge is 2.13. The largest absolute Gasteiger partial charge is 0.494 e. The summed E-state index contributed by atoms with van der Waals surface area (Å²) in [5, 5.41) is 0. The number of terminal acetylenes is 1. The van der Waals surface area contributed by atoms with Crippen LogP contribution in [0, 0.1) is 12.3 Å². The second kappa shape index (κ2) is 9.00. The summed E-state index contributed by atoms with van der Waals surface area (Å²) >= 11 is 0. The SMILES string of the molecule is C#CCCCCOc1ccc(CC(N)C(=O)OC)cc1. The highest BCUT2D eigenvalue weighted by atomic mass is 16.5. The molecular weight excluding hydrogens is 254 g/mol. The molecule has 0 heterocycles. The lowest BCUT2D eigenvalue weighted by molar-refractivity contribution is -0.142.